The van der Waals surface area contributed by atoms with Crippen molar-refractivity contribution in [3.8, 4) is 0 Å². The fourth-order valence-electron chi connectivity index (χ4n) is 0.541. The van der Waals surface area contributed by atoms with Crippen LogP contribution in [0, 0.1) is 6.92 Å². The van der Waals surface area contributed by atoms with E-state index in [1.54, 1.807) is 12.3 Å². The van der Waals surface area contributed by atoms with E-state index >= 15 is 0 Å². The average molecular weight is 162 g/mol. The number of thiol groups is 1. The van der Waals surface area contributed by atoms with Crippen LogP contribution in [0.25, 0.3) is 0 Å². The van der Waals surface area contributed by atoms with Crippen molar-refractivity contribution in [3.63, 3.8) is 0 Å². The first-order valence-corrected chi connectivity index (χ1v) is 4.51. The predicted octanol–water partition coefficient (Wildman–Crippen LogP) is 1.03. The van der Waals surface area contributed by atoms with Crippen molar-refractivity contribution in [2.75, 3.05) is 0 Å². The molecule has 0 spiro atoms. The normalized spacial score (nSPS) is 10.4. The van der Waals surface area contributed by atoms with Gasteiger partial charge in [-0.1, -0.05) is 0 Å². The zero-order valence-electron chi connectivity index (χ0n) is 4.83. The molecule has 0 N–H and O–H groups in total. The molecule has 0 bridgehead atoms. The number of aryl methyl sites for hydroxylation is 1. The van der Waals surface area contributed by atoms with Crippen LogP contribution in [0.5, 0.6) is 0 Å². The smallest absolute Gasteiger partial charge is 0.169 e. The van der Waals surface area contributed by atoms with Crippen molar-refractivity contribution in [2.45, 2.75) is 11.8 Å². The maximum absolute atomic E-state index is 10.3. The van der Waals surface area contributed by atoms with Crippen LogP contribution in [-0.2, 0) is 10.7 Å². The van der Waals surface area contributed by atoms with Crippen molar-refractivity contribution in [1.29, 1.82) is 0 Å². The highest BCUT2D eigenvalue weighted by atomic mass is 32.2. The van der Waals surface area contributed by atoms with Crippen LogP contribution in [0.15, 0.2) is 15.7 Å². The summed E-state index contributed by atoms with van der Waals surface area (Å²) in [4.78, 5) is 0.454. The van der Waals surface area contributed by atoms with Crippen LogP contribution >= 0.6 is 11.3 Å². The minimum absolute atomic E-state index is 0.454. The Morgan fingerprint density at radius 1 is 1.44 bits per heavy atom. The Kier molecular flexibility index (Phi) is 1.87. The van der Waals surface area contributed by atoms with Crippen LogP contribution in [0.3, 0.4) is 0 Å². The molecule has 0 aromatic carbocycles. The largest absolute Gasteiger partial charge is 0.227 e. The summed E-state index contributed by atoms with van der Waals surface area (Å²) in [5, 5.41) is 3.46. The highest BCUT2D eigenvalue weighted by molar-refractivity contribution is 7.72. The molecule has 0 saturated carbocycles. The molecule has 50 valence electrons. The van der Waals surface area contributed by atoms with E-state index in [-0.39, 0.29) is 0 Å². The van der Waals surface area contributed by atoms with Gasteiger partial charge in [-0.2, -0.15) is 11.3 Å². The van der Waals surface area contributed by atoms with Gasteiger partial charge in [-0.25, -0.2) is 8.42 Å². The van der Waals surface area contributed by atoms with Gasteiger partial charge < -0.3 is 0 Å². The van der Waals surface area contributed by atoms with Gasteiger partial charge in [0.15, 0.2) is 10.7 Å². The van der Waals surface area contributed by atoms with Crippen LogP contribution in [0.4, 0.5) is 0 Å². The molecule has 1 rings (SSSR count). The molecular formula is C5H6O2S2. The lowest BCUT2D eigenvalue weighted by Crippen LogP contribution is -1.76. The van der Waals surface area contributed by atoms with Crippen molar-refractivity contribution in [1.82, 2.24) is 0 Å². The Morgan fingerprint density at radius 2 is 2.11 bits per heavy atom. The molecule has 1 heterocycles. The van der Waals surface area contributed by atoms with E-state index < -0.39 is 10.7 Å². The molecule has 0 fully saturated rings. The maximum atomic E-state index is 10.3. The van der Waals surface area contributed by atoms with Crippen molar-refractivity contribution in [3.05, 3.63) is 16.3 Å². The predicted molar refractivity (Wildman–Crippen MR) is 37.6 cm³/mol. The Hall–Kier alpha value is -0.350. The fraction of sp³-hybridized carbons (Fsp3) is 0.200. The number of thiophene rings is 1. The third-order valence-corrected chi connectivity index (χ3v) is 2.94. The Balaban J connectivity index is 3.23. The molecule has 0 unspecified atom stereocenters. The van der Waals surface area contributed by atoms with E-state index in [1.165, 1.54) is 11.3 Å². The van der Waals surface area contributed by atoms with Gasteiger partial charge in [0, 0.05) is 5.38 Å². The van der Waals surface area contributed by atoms with E-state index in [0.717, 1.165) is 5.56 Å². The van der Waals surface area contributed by atoms with Gasteiger partial charge in [-0.05, 0) is 17.9 Å². The second-order valence-electron chi connectivity index (χ2n) is 1.70. The monoisotopic (exact) mass is 162 g/mol. The molecule has 0 radical (unpaired) electrons. The topological polar surface area (TPSA) is 34.1 Å². The summed E-state index contributed by atoms with van der Waals surface area (Å²) >= 11 is 1.41. The third kappa shape index (κ3) is 1.31. The molecule has 1 aromatic heterocycles. The highest BCUT2D eigenvalue weighted by Gasteiger charge is 1.98. The molecule has 1 aromatic rings. The van der Waals surface area contributed by atoms with Gasteiger partial charge in [0.1, 0.15) is 0 Å². The quantitative estimate of drug-likeness (QED) is 0.626. The highest BCUT2D eigenvalue weighted by Crippen LogP contribution is 2.13. The first kappa shape index (κ1) is 6.77. The third-order valence-electron chi connectivity index (χ3n) is 1.03. The number of hydrogen-bond donors (Lipinski definition) is 1. The first-order valence-electron chi connectivity index (χ1n) is 2.39. The Labute approximate surface area is 59.1 Å². The fourth-order valence-corrected chi connectivity index (χ4v) is 2.22. The van der Waals surface area contributed by atoms with E-state index in [0.29, 0.717) is 4.90 Å². The SMILES string of the molecule is Cc1cscc1[SH](=O)=O. The molecule has 0 aliphatic heterocycles. The summed E-state index contributed by atoms with van der Waals surface area (Å²) in [6, 6.07) is 0. The molecule has 2 nitrogen and oxygen atoms in total. The molecule has 4 heteroatoms. The second-order valence-corrected chi connectivity index (χ2v) is 3.44. The summed E-state index contributed by atoms with van der Waals surface area (Å²) in [5.41, 5.74) is 0.844. The Morgan fingerprint density at radius 3 is 2.33 bits per heavy atom. The van der Waals surface area contributed by atoms with Crippen molar-refractivity contribution >= 4 is 22.0 Å². The van der Waals surface area contributed by atoms with E-state index in [1.807, 2.05) is 5.38 Å². The number of rotatable bonds is 1. The summed E-state index contributed by atoms with van der Waals surface area (Å²) in [7, 11) is -2.37. The van der Waals surface area contributed by atoms with Gasteiger partial charge in [0.25, 0.3) is 0 Å². The van der Waals surface area contributed by atoms with Gasteiger partial charge >= 0.3 is 0 Å². The summed E-state index contributed by atoms with van der Waals surface area (Å²) in [5.74, 6) is 0. The van der Waals surface area contributed by atoms with E-state index in [2.05, 4.69) is 0 Å². The molecule has 0 atom stereocenters. The lowest BCUT2D eigenvalue weighted by atomic mass is 10.4. The summed E-state index contributed by atoms with van der Waals surface area (Å²) in [6.45, 7) is 1.79. The summed E-state index contributed by atoms with van der Waals surface area (Å²) in [6.07, 6.45) is 0. The van der Waals surface area contributed by atoms with Crippen LogP contribution in [0.1, 0.15) is 5.56 Å². The minimum Gasteiger partial charge on any atom is -0.227 e. The van der Waals surface area contributed by atoms with E-state index in [9.17, 15) is 8.42 Å². The van der Waals surface area contributed by atoms with Gasteiger partial charge in [0.05, 0.1) is 4.90 Å². The van der Waals surface area contributed by atoms with Crippen LogP contribution < -0.4 is 0 Å². The Bertz CT molecular complexity index is 264. The molecule has 9 heavy (non-hydrogen) atoms. The average Bonchev–Trinajstić information content (AvgIpc) is 2.13. The van der Waals surface area contributed by atoms with Gasteiger partial charge in [-0.3, -0.25) is 0 Å². The first-order chi connectivity index (χ1) is 4.22. The zero-order valence-corrected chi connectivity index (χ0v) is 6.54. The maximum Gasteiger partial charge on any atom is 0.169 e. The molecule has 0 aliphatic rings. The zero-order chi connectivity index (χ0) is 6.85. The molecule has 0 saturated heterocycles. The standard InChI is InChI=1S/C5H6O2S2/c1-4-2-8-3-5(4)9(6)7/h2-3,9H,1H3. The molecule has 0 aliphatic carbocycles. The van der Waals surface area contributed by atoms with E-state index in [4.69, 9.17) is 0 Å². The van der Waals surface area contributed by atoms with Crippen LogP contribution in [-0.4, -0.2) is 8.42 Å². The lowest BCUT2D eigenvalue weighted by Gasteiger charge is -1.81. The van der Waals surface area contributed by atoms with Crippen molar-refractivity contribution < 1.29 is 8.42 Å². The summed E-state index contributed by atoms with van der Waals surface area (Å²) < 4.78 is 20.7. The lowest BCUT2D eigenvalue weighted by molar-refractivity contribution is 0.614. The molecule has 0 amide bonds. The van der Waals surface area contributed by atoms with Gasteiger partial charge in [0.2, 0.25) is 0 Å². The number of hydrogen-bond acceptors (Lipinski definition) is 3. The van der Waals surface area contributed by atoms with Gasteiger partial charge in [-0.15, -0.1) is 0 Å². The van der Waals surface area contributed by atoms with Crippen LogP contribution in [0.2, 0.25) is 0 Å². The second kappa shape index (κ2) is 2.49. The molecular weight excluding hydrogens is 156 g/mol. The minimum atomic E-state index is -2.37. The van der Waals surface area contributed by atoms with Crippen molar-refractivity contribution in [2.24, 2.45) is 0 Å².